The first-order chi connectivity index (χ1) is 16.0. The summed E-state index contributed by atoms with van der Waals surface area (Å²) < 4.78 is 21.2. The van der Waals surface area contributed by atoms with Crippen molar-refractivity contribution in [2.75, 3.05) is 59.6 Å². The predicted octanol–water partition coefficient (Wildman–Crippen LogP) is 2.89. The summed E-state index contributed by atoms with van der Waals surface area (Å²) >= 11 is 0. The molecule has 0 saturated heterocycles. The third kappa shape index (κ3) is 5.02. The zero-order chi connectivity index (χ0) is 24.0. The fraction of sp³-hybridized carbons (Fsp3) is 0.360. The Balaban J connectivity index is 2.17. The van der Waals surface area contributed by atoms with Crippen LogP contribution in [0.2, 0.25) is 0 Å². The van der Waals surface area contributed by atoms with Crippen LogP contribution in [0.4, 0.5) is 5.69 Å². The summed E-state index contributed by atoms with van der Waals surface area (Å²) in [6.45, 7) is 3.52. The standard InChI is InChI=1S/C25H30N2O6/c1-17-6-11-21(33-5)20(16-17)27-24(28)22(18-7-9-19(32-4)10-8-18)23(25(27)29)26(12-14-30-2)13-15-31-3/h6-11,16H,12-15H2,1-5H3. The van der Waals surface area contributed by atoms with Gasteiger partial charge in [0.2, 0.25) is 0 Å². The van der Waals surface area contributed by atoms with Crippen LogP contribution < -0.4 is 14.4 Å². The van der Waals surface area contributed by atoms with Gasteiger partial charge in [-0.2, -0.15) is 0 Å². The number of rotatable bonds is 11. The van der Waals surface area contributed by atoms with E-state index >= 15 is 0 Å². The Kier molecular flexibility index (Phi) is 8.08. The highest BCUT2D eigenvalue weighted by Gasteiger charge is 2.43. The fourth-order valence-corrected chi connectivity index (χ4v) is 3.76. The van der Waals surface area contributed by atoms with E-state index in [0.29, 0.717) is 60.3 Å². The Hall–Kier alpha value is -3.36. The Morgan fingerprint density at radius 3 is 2.00 bits per heavy atom. The lowest BCUT2D eigenvalue weighted by Gasteiger charge is -2.26. The van der Waals surface area contributed by atoms with Gasteiger partial charge in [0, 0.05) is 27.3 Å². The first kappa shape index (κ1) is 24.3. The van der Waals surface area contributed by atoms with Gasteiger partial charge >= 0.3 is 0 Å². The molecule has 0 N–H and O–H groups in total. The summed E-state index contributed by atoms with van der Waals surface area (Å²) in [5.74, 6) is 0.272. The van der Waals surface area contributed by atoms with Crippen LogP contribution in [0.5, 0.6) is 11.5 Å². The van der Waals surface area contributed by atoms with Crippen molar-refractivity contribution < 1.29 is 28.5 Å². The molecule has 0 aliphatic carbocycles. The number of amides is 2. The van der Waals surface area contributed by atoms with Gasteiger partial charge in [0.1, 0.15) is 17.2 Å². The number of nitrogens with zero attached hydrogens (tertiary/aromatic N) is 2. The summed E-state index contributed by atoms with van der Waals surface area (Å²) in [6.07, 6.45) is 0. The summed E-state index contributed by atoms with van der Waals surface area (Å²) in [4.78, 5) is 30.6. The van der Waals surface area contributed by atoms with Crippen LogP contribution in [0.3, 0.4) is 0 Å². The largest absolute Gasteiger partial charge is 0.497 e. The number of imide groups is 1. The van der Waals surface area contributed by atoms with E-state index in [9.17, 15) is 9.59 Å². The summed E-state index contributed by atoms with van der Waals surface area (Å²) in [5.41, 5.74) is 2.56. The van der Waals surface area contributed by atoms with Crippen LogP contribution in [-0.2, 0) is 19.1 Å². The zero-order valence-electron chi connectivity index (χ0n) is 19.7. The number of anilines is 1. The Bertz CT molecular complexity index is 1020. The summed E-state index contributed by atoms with van der Waals surface area (Å²) in [7, 11) is 6.28. The highest BCUT2D eigenvalue weighted by Crippen LogP contribution is 2.39. The third-order valence-electron chi connectivity index (χ3n) is 5.46. The molecule has 0 bridgehead atoms. The molecular formula is C25H30N2O6. The lowest BCUT2D eigenvalue weighted by atomic mass is 10.0. The average Bonchev–Trinajstić information content (AvgIpc) is 3.09. The molecule has 0 atom stereocenters. The van der Waals surface area contributed by atoms with Gasteiger partial charge in [0.05, 0.1) is 38.7 Å². The van der Waals surface area contributed by atoms with E-state index in [1.54, 1.807) is 57.7 Å². The van der Waals surface area contributed by atoms with E-state index in [2.05, 4.69) is 0 Å². The van der Waals surface area contributed by atoms with Gasteiger partial charge in [0.25, 0.3) is 11.8 Å². The van der Waals surface area contributed by atoms with E-state index in [0.717, 1.165) is 5.56 Å². The minimum absolute atomic E-state index is 0.308. The lowest BCUT2D eigenvalue weighted by Crippen LogP contribution is -2.37. The Morgan fingerprint density at radius 1 is 0.818 bits per heavy atom. The maximum absolute atomic E-state index is 13.8. The summed E-state index contributed by atoms with van der Waals surface area (Å²) in [6, 6.07) is 12.5. The van der Waals surface area contributed by atoms with Crippen molar-refractivity contribution >= 4 is 23.1 Å². The molecule has 1 aliphatic rings. The first-order valence-corrected chi connectivity index (χ1v) is 10.6. The molecule has 0 spiro atoms. The van der Waals surface area contributed by atoms with Crippen LogP contribution in [0.25, 0.3) is 5.57 Å². The monoisotopic (exact) mass is 454 g/mol. The van der Waals surface area contributed by atoms with Crippen molar-refractivity contribution in [3.8, 4) is 11.5 Å². The number of hydrogen-bond donors (Lipinski definition) is 0. The van der Waals surface area contributed by atoms with Gasteiger partial charge in [-0.25, -0.2) is 4.90 Å². The maximum atomic E-state index is 13.8. The van der Waals surface area contributed by atoms with E-state index in [4.69, 9.17) is 18.9 Å². The molecule has 176 valence electrons. The second kappa shape index (κ2) is 11.0. The van der Waals surface area contributed by atoms with Crippen LogP contribution in [-0.4, -0.2) is 71.5 Å². The van der Waals surface area contributed by atoms with Gasteiger partial charge in [-0.05, 0) is 42.3 Å². The molecule has 0 unspecified atom stereocenters. The molecule has 3 rings (SSSR count). The Labute approximate surface area is 194 Å². The first-order valence-electron chi connectivity index (χ1n) is 10.6. The molecule has 8 nitrogen and oxygen atoms in total. The molecule has 0 radical (unpaired) electrons. The van der Waals surface area contributed by atoms with Crippen molar-refractivity contribution in [1.29, 1.82) is 0 Å². The molecule has 0 saturated carbocycles. The molecule has 2 amide bonds. The summed E-state index contributed by atoms with van der Waals surface area (Å²) in [5, 5.41) is 0. The minimum atomic E-state index is -0.415. The number of ether oxygens (including phenoxy) is 4. The third-order valence-corrected chi connectivity index (χ3v) is 5.46. The number of benzene rings is 2. The minimum Gasteiger partial charge on any atom is -0.497 e. The van der Waals surface area contributed by atoms with E-state index in [1.165, 1.54) is 12.0 Å². The molecule has 0 aromatic heterocycles. The molecule has 8 heteroatoms. The van der Waals surface area contributed by atoms with Crippen LogP contribution in [0, 0.1) is 6.92 Å². The maximum Gasteiger partial charge on any atom is 0.282 e. The van der Waals surface area contributed by atoms with Gasteiger partial charge < -0.3 is 23.8 Å². The quantitative estimate of drug-likeness (QED) is 0.483. The van der Waals surface area contributed by atoms with Gasteiger partial charge in [-0.1, -0.05) is 18.2 Å². The van der Waals surface area contributed by atoms with Crippen molar-refractivity contribution in [2.45, 2.75) is 6.92 Å². The topological polar surface area (TPSA) is 77.5 Å². The number of carbonyl (C=O) groups excluding carboxylic acids is 2. The highest BCUT2D eigenvalue weighted by molar-refractivity contribution is 6.45. The number of hydrogen-bond acceptors (Lipinski definition) is 7. The van der Waals surface area contributed by atoms with Crippen molar-refractivity contribution in [3.05, 3.63) is 59.3 Å². The van der Waals surface area contributed by atoms with Gasteiger partial charge in [-0.15, -0.1) is 0 Å². The molecule has 0 fully saturated rings. The molecule has 2 aromatic carbocycles. The fourth-order valence-electron chi connectivity index (χ4n) is 3.76. The van der Waals surface area contributed by atoms with E-state index < -0.39 is 11.8 Å². The number of carbonyl (C=O) groups is 2. The number of methoxy groups -OCH3 is 4. The second-order valence-electron chi connectivity index (χ2n) is 7.55. The zero-order valence-corrected chi connectivity index (χ0v) is 19.7. The lowest BCUT2D eigenvalue weighted by molar-refractivity contribution is -0.120. The molecular weight excluding hydrogens is 424 g/mol. The van der Waals surface area contributed by atoms with Crippen molar-refractivity contribution in [1.82, 2.24) is 4.90 Å². The second-order valence-corrected chi connectivity index (χ2v) is 7.55. The molecule has 1 aliphatic heterocycles. The predicted molar refractivity (Wildman–Crippen MR) is 125 cm³/mol. The average molecular weight is 455 g/mol. The normalized spacial score (nSPS) is 13.7. The SMILES string of the molecule is COCCN(CCOC)C1=C(c2ccc(OC)cc2)C(=O)N(c2cc(C)ccc2OC)C1=O. The van der Waals surface area contributed by atoms with Crippen molar-refractivity contribution in [2.24, 2.45) is 0 Å². The van der Waals surface area contributed by atoms with E-state index in [-0.39, 0.29) is 0 Å². The molecule has 2 aromatic rings. The van der Waals surface area contributed by atoms with Crippen molar-refractivity contribution in [3.63, 3.8) is 0 Å². The smallest absolute Gasteiger partial charge is 0.282 e. The van der Waals surface area contributed by atoms with Gasteiger partial charge in [-0.3, -0.25) is 9.59 Å². The van der Waals surface area contributed by atoms with Crippen LogP contribution in [0.1, 0.15) is 11.1 Å². The number of aryl methyl sites for hydroxylation is 1. The van der Waals surface area contributed by atoms with Gasteiger partial charge in [0.15, 0.2) is 0 Å². The van der Waals surface area contributed by atoms with E-state index in [1.807, 2.05) is 17.9 Å². The molecule has 1 heterocycles. The molecule has 33 heavy (non-hydrogen) atoms. The Morgan fingerprint density at radius 2 is 1.45 bits per heavy atom. The van der Waals surface area contributed by atoms with Crippen LogP contribution >= 0.6 is 0 Å². The van der Waals surface area contributed by atoms with Crippen LogP contribution in [0.15, 0.2) is 48.2 Å². The highest BCUT2D eigenvalue weighted by atomic mass is 16.5.